The van der Waals surface area contributed by atoms with Crippen LogP contribution in [0.15, 0.2) is 65.8 Å². The average Bonchev–Trinajstić information content (AvgIpc) is 3.14. The Kier molecular flexibility index (Phi) is 6.18. The minimum absolute atomic E-state index is 0.0516. The topological polar surface area (TPSA) is 77.7 Å². The number of aryl methyl sites for hydroxylation is 2. The number of rotatable bonds is 6. The first-order valence-electron chi connectivity index (χ1n) is 10.7. The highest BCUT2D eigenvalue weighted by atomic mass is 32.2. The third kappa shape index (κ3) is 4.41. The van der Waals surface area contributed by atoms with Crippen molar-refractivity contribution in [2.45, 2.75) is 32.8 Å². The van der Waals surface area contributed by atoms with Crippen molar-refractivity contribution in [1.29, 1.82) is 0 Å². The van der Waals surface area contributed by atoms with Crippen molar-refractivity contribution in [2.24, 2.45) is 5.16 Å². The van der Waals surface area contributed by atoms with Crippen LogP contribution in [0.3, 0.4) is 0 Å². The second-order valence-corrected chi connectivity index (χ2v) is 9.52. The predicted molar refractivity (Wildman–Crippen MR) is 128 cm³/mol. The van der Waals surface area contributed by atoms with Crippen LogP contribution in [0.1, 0.15) is 40.9 Å². The maximum Gasteiger partial charge on any atom is 0.536 e. The van der Waals surface area contributed by atoms with Gasteiger partial charge in [-0.15, -0.1) is 0 Å². The first kappa shape index (κ1) is 24.5. The van der Waals surface area contributed by atoms with Crippen LogP contribution in [-0.4, -0.2) is 30.0 Å². The molecule has 4 aromatic rings. The molecule has 0 saturated carbocycles. The van der Waals surface area contributed by atoms with Gasteiger partial charge in [0.15, 0.2) is 5.78 Å². The fourth-order valence-corrected chi connectivity index (χ4v) is 4.29. The van der Waals surface area contributed by atoms with Crippen LogP contribution in [0.4, 0.5) is 13.2 Å². The summed E-state index contributed by atoms with van der Waals surface area (Å²) < 4.78 is 65.9. The van der Waals surface area contributed by atoms with E-state index in [0.717, 1.165) is 27.4 Å². The molecule has 0 spiro atoms. The second-order valence-electron chi connectivity index (χ2n) is 8.00. The van der Waals surface area contributed by atoms with Gasteiger partial charge < -0.3 is 4.57 Å². The van der Waals surface area contributed by atoms with Gasteiger partial charge in [0, 0.05) is 39.5 Å². The van der Waals surface area contributed by atoms with E-state index in [1.165, 1.54) is 6.92 Å². The molecule has 1 heterocycles. The lowest BCUT2D eigenvalue weighted by Crippen LogP contribution is -2.24. The Bertz CT molecular complexity index is 1600. The zero-order valence-electron chi connectivity index (χ0n) is 19.1. The Labute approximate surface area is 199 Å². The minimum atomic E-state index is -5.85. The van der Waals surface area contributed by atoms with Gasteiger partial charge in [-0.25, -0.2) is 0 Å². The Morgan fingerprint density at radius 3 is 2.11 bits per heavy atom. The second kappa shape index (κ2) is 8.84. The van der Waals surface area contributed by atoms with Crippen molar-refractivity contribution in [3.63, 3.8) is 0 Å². The Balaban J connectivity index is 1.82. The number of nitrogens with zero attached hydrogens (tertiary/aromatic N) is 2. The van der Waals surface area contributed by atoms with Crippen LogP contribution in [0, 0.1) is 6.92 Å². The number of halogens is 3. The Morgan fingerprint density at radius 1 is 0.971 bits per heavy atom. The monoisotopic (exact) mass is 502 g/mol. The maximum atomic E-state index is 13.2. The number of hydrogen-bond donors (Lipinski definition) is 0. The van der Waals surface area contributed by atoms with E-state index < -0.39 is 15.6 Å². The molecule has 0 unspecified atom stereocenters. The van der Waals surface area contributed by atoms with Crippen molar-refractivity contribution >= 4 is 43.4 Å². The molecule has 4 rings (SSSR count). The molecule has 10 heteroatoms. The van der Waals surface area contributed by atoms with Crippen LogP contribution in [0.2, 0.25) is 0 Å². The summed E-state index contributed by atoms with van der Waals surface area (Å²) >= 11 is 0. The molecule has 0 radical (unpaired) electrons. The number of fused-ring (bicyclic) bond motifs is 3. The van der Waals surface area contributed by atoms with Gasteiger partial charge in [0.25, 0.3) is 0 Å². The summed E-state index contributed by atoms with van der Waals surface area (Å²) in [6.45, 7) is 5.83. The lowest BCUT2D eigenvalue weighted by molar-refractivity contribution is -0.0540. The van der Waals surface area contributed by atoms with E-state index in [-0.39, 0.29) is 11.5 Å². The first-order chi connectivity index (χ1) is 16.4. The fourth-order valence-electron chi connectivity index (χ4n) is 3.99. The van der Waals surface area contributed by atoms with Crippen molar-refractivity contribution in [1.82, 2.24) is 4.57 Å². The first-order valence-corrected chi connectivity index (χ1v) is 12.1. The number of hydrogen-bond acceptors (Lipinski definition) is 5. The molecular weight excluding hydrogens is 481 g/mol. The van der Waals surface area contributed by atoms with Gasteiger partial charge in [0.05, 0.1) is 5.71 Å². The summed E-state index contributed by atoms with van der Waals surface area (Å²) in [6, 6.07) is 17.8. The summed E-state index contributed by atoms with van der Waals surface area (Å²) in [6.07, 6.45) is 0. The number of carbonyl (C=O) groups is 1. The smallest absolute Gasteiger partial charge is 0.341 e. The quantitative estimate of drug-likeness (QED) is 0.141. The molecule has 1 aromatic heterocycles. The molecule has 0 aliphatic rings. The highest BCUT2D eigenvalue weighted by Crippen LogP contribution is 2.32. The molecule has 6 nitrogen and oxygen atoms in total. The van der Waals surface area contributed by atoms with Crippen LogP contribution < -0.4 is 0 Å². The van der Waals surface area contributed by atoms with Crippen molar-refractivity contribution in [2.75, 3.05) is 0 Å². The summed E-state index contributed by atoms with van der Waals surface area (Å²) in [7, 11) is -5.85. The van der Waals surface area contributed by atoms with Crippen molar-refractivity contribution in [3.8, 4) is 0 Å². The van der Waals surface area contributed by atoms with Crippen LogP contribution >= 0.6 is 0 Å². The molecule has 0 amide bonds. The van der Waals surface area contributed by atoms with E-state index in [9.17, 15) is 26.4 Å². The summed E-state index contributed by atoms with van der Waals surface area (Å²) in [5.41, 5.74) is -1.57. The zero-order valence-corrected chi connectivity index (χ0v) is 19.9. The normalized spacial score (nSPS) is 12.9. The predicted octanol–water partition coefficient (Wildman–Crippen LogP) is 5.94. The molecule has 0 fully saturated rings. The molecule has 0 aliphatic heterocycles. The standard InChI is InChI=1S/C25H21F3N2O4S/c1-4-30-22-11-9-17(16(3)29-34-35(32,33)25(26,27)28)13-20(22)21-14-18(10-12-23(21)30)24(31)19-8-6-5-7-15(19)2/h5-14H,4H2,1-3H3/b29-16+. The highest BCUT2D eigenvalue weighted by molar-refractivity contribution is 7.87. The number of aromatic nitrogens is 1. The maximum absolute atomic E-state index is 13.2. The van der Waals surface area contributed by atoms with Crippen LogP contribution in [0.25, 0.3) is 21.8 Å². The SMILES string of the molecule is CCn1c2ccc(C(=O)c3ccccc3C)cc2c2cc(/C(C)=N/OS(=O)(=O)C(F)(F)F)ccc21. The molecule has 3 aromatic carbocycles. The van der Waals surface area contributed by atoms with E-state index >= 15 is 0 Å². The van der Waals surface area contributed by atoms with E-state index in [1.807, 2.05) is 36.6 Å². The van der Waals surface area contributed by atoms with E-state index in [4.69, 9.17) is 0 Å². The number of carbonyl (C=O) groups excluding carboxylic acids is 1. The Morgan fingerprint density at radius 2 is 1.54 bits per heavy atom. The molecular formula is C25H21F3N2O4S. The summed E-state index contributed by atoms with van der Waals surface area (Å²) in [5.74, 6) is -0.123. The Hall–Kier alpha value is -3.66. The van der Waals surface area contributed by atoms with Crippen LogP contribution in [0.5, 0.6) is 0 Å². The summed E-state index contributed by atoms with van der Waals surface area (Å²) in [5, 5.41) is 4.71. The number of oxime groups is 1. The van der Waals surface area contributed by atoms with Gasteiger partial charge in [-0.05, 0) is 62.2 Å². The lowest BCUT2D eigenvalue weighted by atomic mass is 9.97. The minimum Gasteiger partial charge on any atom is -0.341 e. The molecule has 0 bridgehead atoms. The summed E-state index contributed by atoms with van der Waals surface area (Å²) in [4.78, 5) is 13.2. The molecule has 35 heavy (non-hydrogen) atoms. The lowest BCUT2D eigenvalue weighted by Gasteiger charge is -2.06. The van der Waals surface area contributed by atoms with Crippen LogP contribution in [-0.2, 0) is 20.9 Å². The van der Waals surface area contributed by atoms with Gasteiger partial charge in [0.1, 0.15) is 0 Å². The zero-order chi connectivity index (χ0) is 25.5. The van der Waals surface area contributed by atoms with E-state index in [2.05, 4.69) is 9.44 Å². The van der Waals surface area contributed by atoms with Gasteiger partial charge in [-0.3, -0.25) is 9.08 Å². The van der Waals surface area contributed by atoms with Gasteiger partial charge in [-0.2, -0.15) is 21.6 Å². The van der Waals surface area contributed by atoms with Crippen molar-refractivity contribution < 1.29 is 30.7 Å². The third-order valence-electron chi connectivity index (χ3n) is 5.81. The highest BCUT2D eigenvalue weighted by Gasteiger charge is 2.49. The molecule has 0 N–H and O–H groups in total. The third-order valence-corrected chi connectivity index (χ3v) is 6.64. The largest absolute Gasteiger partial charge is 0.536 e. The van der Waals surface area contributed by atoms with Gasteiger partial charge in [-0.1, -0.05) is 35.5 Å². The van der Waals surface area contributed by atoms with Gasteiger partial charge >= 0.3 is 15.6 Å². The molecule has 0 atom stereocenters. The van der Waals surface area contributed by atoms with Gasteiger partial charge in [0.2, 0.25) is 0 Å². The molecule has 0 aliphatic carbocycles. The fraction of sp³-hybridized carbons (Fsp3) is 0.200. The molecule has 182 valence electrons. The number of benzene rings is 3. The van der Waals surface area contributed by atoms with E-state index in [0.29, 0.717) is 23.2 Å². The number of alkyl halides is 3. The van der Waals surface area contributed by atoms with Crippen molar-refractivity contribution in [3.05, 3.63) is 82.9 Å². The van der Waals surface area contributed by atoms with E-state index in [1.54, 1.807) is 42.5 Å². The average molecular weight is 503 g/mol. The number of ketones is 1. The molecule has 0 saturated heterocycles.